The highest BCUT2D eigenvalue weighted by Crippen LogP contribution is 2.21. The highest BCUT2D eigenvalue weighted by atomic mass is 32.2. The van der Waals surface area contributed by atoms with Crippen molar-refractivity contribution in [3.05, 3.63) is 78.6 Å². The number of benzene rings is 1. The van der Waals surface area contributed by atoms with Gasteiger partial charge in [0.05, 0.1) is 22.5 Å². The summed E-state index contributed by atoms with van der Waals surface area (Å²) < 4.78 is 29.7. The number of aryl methyl sites for hydroxylation is 1. The molecule has 4 rings (SSSR count). The van der Waals surface area contributed by atoms with Crippen LogP contribution in [-0.2, 0) is 23.5 Å². The topological polar surface area (TPSA) is 115 Å². The van der Waals surface area contributed by atoms with Crippen LogP contribution < -0.4 is 10.0 Å². The van der Waals surface area contributed by atoms with Crippen LogP contribution in [0.2, 0.25) is 0 Å². The summed E-state index contributed by atoms with van der Waals surface area (Å²) >= 11 is 0. The van der Waals surface area contributed by atoms with Crippen LogP contribution in [0.25, 0.3) is 11.4 Å². The Bertz CT molecular complexity index is 1300. The molecule has 0 aliphatic carbocycles. The van der Waals surface area contributed by atoms with E-state index in [1.54, 1.807) is 49.1 Å². The molecule has 0 aliphatic heterocycles. The minimum Gasteiger partial charge on any atom is -0.330 e. The Morgan fingerprint density at radius 3 is 2.41 bits per heavy atom. The smallest absolute Gasteiger partial charge is 0.240 e. The zero-order valence-electron chi connectivity index (χ0n) is 17.7. The first-order valence-corrected chi connectivity index (χ1v) is 11.5. The quantitative estimate of drug-likeness (QED) is 0.425. The summed E-state index contributed by atoms with van der Waals surface area (Å²) in [5, 5.41) is 3.11. The lowest BCUT2D eigenvalue weighted by atomic mass is 10.2. The minimum atomic E-state index is -3.60. The number of pyridine rings is 1. The van der Waals surface area contributed by atoms with E-state index in [4.69, 9.17) is 0 Å². The van der Waals surface area contributed by atoms with E-state index in [2.05, 4.69) is 30.0 Å². The first-order chi connectivity index (χ1) is 15.4. The van der Waals surface area contributed by atoms with Crippen molar-refractivity contribution in [2.75, 3.05) is 11.9 Å². The van der Waals surface area contributed by atoms with Gasteiger partial charge in [0.25, 0.3) is 0 Å². The van der Waals surface area contributed by atoms with Crippen molar-refractivity contribution >= 4 is 21.7 Å². The second kappa shape index (κ2) is 9.25. The van der Waals surface area contributed by atoms with Crippen LogP contribution in [0.1, 0.15) is 11.4 Å². The van der Waals surface area contributed by atoms with E-state index in [9.17, 15) is 8.42 Å². The number of hydrogen-bond acceptors (Lipinski definition) is 7. The summed E-state index contributed by atoms with van der Waals surface area (Å²) in [5.41, 5.74) is 3.32. The lowest BCUT2D eigenvalue weighted by Crippen LogP contribution is -2.26. The third-order valence-corrected chi connectivity index (χ3v) is 6.49. The summed E-state index contributed by atoms with van der Waals surface area (Å²) in [6.45, 7) is 2.23. The van der Waals surface area contributed by atoms with E-state index in [0.717, 1.165) is 22.8 Å². The Balaban J connectivity index is 1.41. The van der Waals surface area contributed by atoms with Crippen LogP contribution in [0, 0.1) is 6.92 Å². The summed E-state index contributed by atoms with van der Waals surface area (Å²) in [6, 6.07) is 12.0. The first kappa shape index (κ1) is 21.6. The molecule has 164 valence electrons. The highest BCUT2D eigenvalue weighted by molar-refractivity contribution is 7.89. The Morgan fingerprint density at radius 1 is 0.969 bits per heavy atom. The van der Waals surface area contributed by atoms with Gasteiger partial charge in [0, 0.05) is 37.9 Å². The van der Waals surface area contributed by atoms with E-state index < -0.39 is 10.0 Å². The maximum absolute atomic E-state index is 12.6. The molecular formula is C22H23N7O2S. The van der Waals surface area contributed by atoms with Gasteiger partial charge in [0.1, 0.15) is 5.82 Å². The molecule has 0 aliphatic rings. The van der Waals surface area contributed by atoms with Crippen LogP contribution >= 0.6 is 0 Å². The van der Waals surface area contributed by atoms with Crippen molar-refractivity contribution < 1.29 is 8.42 Å². The van der Waals surface area contributed by atoms with Crippen LogP contribution in [0.5, 0.6) is 0 Å². The molecule has 0 amide bonds. The van der Waals surface area contributed by atoms with Crippen molar-refractivity contribution in [1.29, 1.82) is 0 Å². The zero-order chi connectivity index (χ0) is 22.6. The Morgan fingerprint density at radius 2 is 1.72 bits per heavy atom. The molecular weight excluding hydrogens is 426 g/mol. The lowest BCUT2D eigenvalue weighted by molar-refractivity contribution is 0.581. The summed E-state index contributed by atoms with van der Waals surface area (Å²) in [6.07, 6.45) is 7.39. The Hall–Kier alpha value is -3.63. The number of nitrogens with one attached hydrogen (secondary N) is 2. The number of rotatable bonds is 8. The number of nitrogens with zero attached hydrogens (tertiary/aromatic N) is 5. The Labute approximate surface area is 186 Å². The lowest BCUT2D eigenvalue weighted by Gasteiger charge is -2.09. The second-order valence-electron chi connectivity index (χ2n) is 7.17. The van der Waals surface area contributed by atoms with Gasteiger partial charge in [-0.2, -0.15) is 0 Å². The molecule has 9 nitrogen and oxygen atoms in total. The minimum absolute atomic E-state index is 0.192. The fourth-order valence-corrected chi connectivity index (χ4v) is 4.14. The summed E-state index contributed by atoms with van der Waals surface area (Å²) in [5.74, 6) is 1.30. The van der Waals surface area contributed by atoms with E-state index in [0.29, 0.717) is 24.6 Å². The van der Waals surface area contributed by atoms with Gasteiger partial charge < -0.3 is 9.88 Å². The monoisotopic (exact) mass is 449 g/mol. The van der Waals surface area contributed by atoms with Crippen molar-refractivity contribution in [3.63, 3.8) is 0 Å². The van der Waals surface area contributed by atoms with Crippen LogP contribution in [0.15, 0.2) is 72.1 Å². The molecule has 0 saturated carbocycles. The molecule has 0 radical (unpaired) electrons. The molecule has 0 unspecified atom stereocenters. The predicted molar refractivity (Wildman–Crippen MR) is 122 cm³/mol. The second-order valence-corrected chi connectivity index (χ2v) is 8.93. The third-order valence-electron chi connectivity index (χ3n) is 5.01. The SMILES string of the molecule is Cc1ncc(-c2ccnc(Nc3ccc(S(=O)(=O)NCCc4ccncc4)cc3)n2)n1C. The molecule has 0 spiro atoms. The molecule has 3 heterocycles. The van der Waals surface area contributed by atoms with Crippen molar-refractivity contribution in [2.24, 2.45) is 7.05 Å². The molecule has 32 heavy (non-hydrogen) atoms. The van der Waals surface area contributed by atoms with Gasteiger partial charge in [0.15, 0.2) is 0 Å². The molecule has 0 atom stereocenters. The highest BCUT2D eigenvalue weighted by Gasteiger charge is 2.14. The number of sulfonamides is 1. The van der Waals surface area contributed by atoms with Gasteiger partial charge in [-0.3, -0.25) is 4.98 Å². The largest absolute Gasteiger partial charge is 0.330 e. The normalized spacial score (nSPS) is 11.4. The van der Waals surface area contributed by atoms with Gasteiger partial charge in [-0.25, -0.2) is 28.1 Å². The van der Waals surface area contributed by atoms with E-state index >= 15 is 0 Å². The van der Waals surface area contributed by atoms with Crippen molar-refractivity contribution in [3.8, 4) is 11.4 Å². The van der Waals surface area contributed by atoms with Crippen molar-refractivity contribution in [2.45, 2.75) is 18.2 Å². The van der Waals surface area contributed by atoms with Crippen LogP contribution in [-0.4, -0.2) is 39.5 Å². The zero-order valence-corrected chi connectivity index (χ0v) is 18.5. The van der Waals surface area contributed by atoms with Crippen molar-refractivity contribution in [1.82, 2.24) is 29.2 Å². The third kappa shape index (κ3) is 4.98. The van der Waals surface area contributed by atoms with E-state index in [1.165, 1.54) is 0 Å². The molecule has 0 bridgehead atoms. The van der Waals surface area contributed by atoms with Gasteiger partial charge in [-0.1, -0.05) is 0 Å². The average molecular weight is 450 g/mol. The van der Waals surface area contributed by atoms with Gasteiger partial charge in [-0.05, 0) is 61.4 Å². The average Bonchev–Trinajstić information content (AvgIpc) is 3.13. The standard InChI is InChI=1S/C22H23N7O2S/c1-16-25-15-21(29(16)2)20-10-13-24-22(28-20)27-18-3-5-19(6-4-18)32(30,31)26-14-9-17-7-11-23-12-8-17/h3-8,10-13,15,26H,9,14H2,1-2H3,(H,24,27,28). The molecule has 1 aromatic carbocycles. The molecule has 10 heteroatoms. The Kier molecular flexibility index (Phi) is 6.24. The van der Waals surface area contributed by atoms with E-state index in [-0.39, 0.29) is 4.90 Å². The number of anilines is 2. The molecule has 0 saturated heterocycles. The number of aromatic nitrogens is 5. The van der Waals surface area contributed by atoms with Gasteiger partial charge >= 0.3 is 0 Å². The summed E-state index contributed by atoms with van der Waals surface area (Å²) in [7, 11) is -1.67. The van der Waals surface area contributed by atoms with E-state index in [1.807, 2.05) is 36.7 Å². The summed E-state index contributed by atoms with van der Waals surface area (Å²) in [4.78, 5) is 17.2. The molecule has 4 aromatic rings. The molecule has 3 aromatic heterocycles. The fourth-order valence-electron chi connectivity index (χ4n) is 3.11. The predicted octanol–water partition coefficient (Wildman–Crippen LogP) is 2.85. The van der Waals surface area contributed by atoms with Gasteiger partial charge in [0.2, 0.25) is 16.0 Å². The van der Waals surface area contributed by atoms with Crippen LogP contribution in [0.3, 0.4) is 0 Å². The molecule has 2 N–H and O–H groups in total. The first-order valence-electron chi connectivity index (χ1n) is 10.00. The maximum Gasteiger partial charge on any atom is 0.240 e. The number of hydrogen-bond donors (Lipinski definition) is 2. The van der Waals surface area contributed by atoms with Crippen LogP contribution in [0.4, 0.5) is 11.6 Å². The fraction of sp³-hybridized carbons (Fsp3) is 0.182. The maximum atomic E-state index is 12.6. The molecule has 0 fully saturated rings. The van der Waals surface area contributed by atoms with Gasteiger partial charge in [-0.15, -0.1) is 0 Å². The number of imidazole rings is 1.